The van der Waals surface area contributed by atoms with Crippen molar-refractivity contribution in [2.45, 2.75) is 13.0 Å². The zero-order valence-corrected chi connectivity index (χ0v) is 12.8. The average Bonchev–Trinajstić information content (AvgIpc) is 2.56. The molecule has 24 heavy (non-hydrogen) atoms. The van der Waals surface area contributed by atoms with E-state index in [2.05, 4.69) is 10.6 Å². The number of amides is 3. The molecule has 0 saturated carbocycles. The first-order valence-corrected chi connectivity index (χ1v) is 7.27. The minimum atomic E-state index is -0.679. The van der Waals surface area contributed by atoms with E-state index >= 15 is 0 Å². The first-order chi connectivity index (χ1) is 11.5. The Hall–Kier alpha value is -3.35. The van der Waals surface area contributed by atoms with Gasteiger partial charge in [0.15, 0.2) is 11.9 Å². The second-order valence-corrected chi connectivity index (χ2v) is 5.33. The van der Waals surface area contributed by atoms with Crippen molar-refractivity contribution in [3.05, 3.63) is 53.6 Å². The van der Waals surface area contributed by atoms with Crippen molar-refractivity contribution in [2.75, 3.05) is 10.6 Å². The van der Waals surface area contributed by atoms with Gasteiger partial charge in [0, 0.05) is 11.3 Å². The molecule has 1 heterocycles. The molecular weight excluding hydrogens is 310 g/mol. The van der Waals surface area contributed by atoms with Gasteiger partial charge in [-0.1, -0.05) is 6.07 Å². The molecule has 7 nitrogen and oxygen atoms in total. The van der Waals surface area contributed by atoms with Crippen molar-refractivity contribution in [2.24, 2.45) is 5.73 Å². The number of hydrogen-bond acceptors (Lipinski definition) is 4. The van der Waals surface area contributed by atoms with Gasteiger partial charge in [0.2, 0.25) is 5.91 Å². The van der Waals surface area contributed by atoms with E-state index in [0.29, 0.717) is 28.3 Å². The predicted octanol–water partition coefficient (Wildman–Crippen LogP) is 1.76. The van der Waals surface area contributed by atoms with E-state index in [1.165, 1.54) is 12.1 Å². The fourth-order valence-electron chi connectivity index (χ4n) is 2.32. The molecule has 0 spiro atoms. The molecule has 4 N–H and O–H groups in total. The van der Waals surface area contributed by atoms with Crippen LogP contribution in [0.5, 0.6) is 5.75 Å². The first-order valence-electron chi connectivity index (χ1n) is 7.27. The lowest BCUT2D eigenvalue weighted by Gasteiger charge is -2.25. The fourth-order valence-corrected chi connectivity index (χ4v) is 2.32. The van der Waals surface area contributed by atoms with E-state index < -0.39 is 12.0 Å². The van der Waals surface area contributed by atoms with Crippen LogP contribution >= 0.6 is 0 Å². The molecule has 122 valence electrons. The normalized spacial score (nSPS) is 15.7. The number of carbonyl (C=O) groups excluding carboxylic acids is 3. The molecule has 1 atom stereocenters. The molecule has 0 fully saturated rings. The number of primary amides is 1. The zero-order valence-electron chi connectivity index (χ0n) is 12.8. The highest BCUT2D eigenvalue weighted by atomic mass is 16.5. The summed E-state index contributed by atoms with van der Waals surface area (Å²) in [5.74, 6) is -0.858. The van der Waals surface area contributed by atoms with Gasteiger partial charge in [-0.15, -0.1) is 0 Å². The molecule has 0 bridgehead atoms. The lowest BCUT2D eigenvalue weighted by Crippen LogP contribution is -2.35. The Morgan fingerprint density at radius 2 is 1.88 bits per heavy atom. The third-order valence-corrected chi connectivity index (χ3v) is 3.61. The topological polar surface area (TPSA) is 111 Å². The van der Waals surface area contributed by atoms with Gasteiger partial charge in [0.25, 0.3) is 11.8 Å². The van der Waals surface area contributed by atoms with Crippen molar-refractivity contribution in [1.82, 2.24) is 0 Å². The molecular formula is C17H15N3O4. The summed E-state index contributed by atoms with van der Waals surface area (Å²) in [5, 5.41) is 5.41. The number of nitrogens with one attached hydrogen (secondary N) is 2. The standard InChI is InChI=1S/C17H15N3O4/c1-9-16(22)20-13-4-2-3-12(14(13)24-9)17(23)19-11-7-5-10(6-8-11)15(18)21/h2-9H,1H3,(H2,18,21)(H,19,23)(H,20,22). The largest absolute Gasteiger partial charge is 0.478 e. The molecule has 2 aromatic carbocycles. The molecule has 0 radical (unpaired) electrons. The Morgan fingerprint density at radius 3 is 2.54 bits per heavy atom. The van der Waals surface area contributed by atoms with Crippen LogP contribution in [0.25, 0.3) is 0 Å². The number of ether oxygens (including phenoxy) is 1. The quantitative estimate of drug-likeness (QED) is 0.798. The van der Waals surface area contributed by atoms with E-state index in [9.17, 15) is 14.4 Å². The van der Waals surface area contributed by atoms with Crippen LogP contribution in [0.3, 0.4) is 0 Å². The number of benzene rings is 2. The van der Waals surface area contributed by atoms with Gasteiger partial charge < -0.3 is 21.1 Å². The van der Waals surface area contributed by atoms with Gasteiger partial charge >= 0.3 is 0 Å². The highest BCUT2D eigenvalue weighted by Crippen LogP contribution is 2.33. The maximum atomic E-state index is 12.5. The number of hydrogen-bond donors (Lipinski definition) is 3. The highest BCUT2D eigenvalue weighted by molar-refractivity contribution is 6.09. The first kappa shape index (κ1) is 15.5. The van der Waals surface area contributed by atoms with Crippen LogP contribution in [0.4, 0.5) is 11.4 Å². The van der Waals surface area contributed by atoms with E-state index in [-0.39, 0.29) is 11.8 Å². The van der Waals surface area contributed by atoms with Crippen molar-refractivity contribution in [3.63, 3.8) is 0 Å². The number of rotatable bonds is 3. The molecule has 3 rings (SSSR count). The van der Waals surface area contributed by atoms with E-state index in [0.717, 1.165) is 0 Å². The molecule has 0 aliphatic carbocycles. The summed E-state index contributed by atoms with van der Waals surface area (Å²) >= 11 is 0. The number of fused-ring (bicyclic) bond motifs is 1. The monoisotopic (exact) mass is 325 g/mol. The SMILES string of the molecule is CC1Oc2c(cccc2C(=O)Nc2ccc(C(N)=O)cc2)NC1=O. The smallest absolute Gasteiger partial charge is 0.265 e. The second-order valence-electron chi connectivity index (χ2n) is 5.33. The summed E-state index contributed by atoms with van der Waals surface area (Å²) in [4.78, 5) is 35.2. The third-order valence-electron chi connectivity index (χ3n) is 3.61. The van der Waals surface area contributed by atoms with Gasteiger partial charge in [-0.3, -0.25) is 14.4 Å². The maximum Gasteiger partial charge on any atom is 0.265 e. The zero-order chi connectivity index (χ0) is 17.3. The number of anilines is 2. The predicted molar refractivity (Wildman–Crippen MR) is 88.1 cm³/mol. The highest BCUT2D eigenvalue weighted by Gasteiger charge is 2.27. The van der Waals surface area contributed by atoms with Gasteiger partial charge in [0.05, 0.1) is 11.3 Å². The molecule has 0 saturated heterocycles. The van der Waals surface area contributed by atoms with Crippen LogP contribution in [0.1, 0.15) is 27.6 Å². The summed E-state index contributed by atoms with van der Waals surface area (Å²) < 4.78 is 5.55. The van der Waals surface area contributed by atoms with Crippen molar-refractivity contribution in [1.29, 1.82) is 0 Å². The molecule has 1 unspecified atom stereocenters. The van der Waals surface area contributed by atoms with Gasteiger partial charge in [-0.05, 0) is 43.3 Å². The minimum Gasteiger partial charge on any atom is -0.478 e. The molecule has 2 aromatic rings. The molecule has 3 amide bonds. The second kappa shape index (κ2) is 6.04. The molecule has 7 heteroatoms. The van der Waals surface area contributed by atoms with Crippen LogP contribution < -0.4 is 21.1 Å². The lowest BCUT2D eigenvalue weighted by atomic mass is 10.1. The van der Waals surface area contributed by atoms with Crippen molar-refractivity contribution >= 4 is 29.1 Å². The molecule has 0 aromatic heterocycles. The summed E-state index contributed by atoms with van der Waals surface area (Å²) in [6.45, 7) is 1.61. The van der Waals surface area contributed by atoms with Crippen LogP contribution in [-0.4, -0.2) is 23.8 Å². The number of carbonyl (C=O) groups is 3. The van der Waals surface area contributed by atoms with Crippen LogP contribution in [-0.2, 0) is 4.79 Å². The molecule has 1 aliphatic heterocycles. The van der Waals surface area contributed by atoms with E-state index in [4.69, 9.17) is 10.5 Å². The third kappa shape index (κ3) is 2.91. The Kier molecular flexibility index (Phi) is 3.91. The molecule has 1 aliphatic rings. The van der Waals surface area contributed by atoms with Crippen LogP contribution in [0.2, 0.25) is 0 Å². The van der Waals surface area contributed by atoms with E-state index in [1.54, 1.807) is 37.3 Å². The average molecular weight is 325 g/mol. The van der Waals surface area contributed by atoms with E-state index in [1.807, 2.05) is 0 Å². The minimum absolute atomic E-state index is 0.262. The maximum absolute atomic E-state index is 12.5. The van der Waals surface area contributed by atoms with Gasteiger partial charge in [0.1, 0.15) is 0 Å². The number of para-hydroxylation sites is 1. The fraction of sp³-hybridized carbons (Fsp3) is 0.118. The van der Waals surface area contributed by atoms with Crippen molar-refractivity contribution < 1.29 is 19.1 Å². The van der Waals surface area contributed by atoms with Crippen LogP contribution in [0, 0.1) is 0 Å². The van der Waals surface area contributed by atoms with Crippen LogP contribution in [0.15, 0.2) is 42.5 Å². The summed E-state index contributed by atoms with van der Waals surface area (Å²) in [5.41, 5.74) is 6.80. The summed E-state index contributed by atoms with van der Waals surface area (Å²) in [6.07, 6.45) is -0.679. The Balaban J connectivity index is 1.84. The Morgan fingerprint density at radius 1 is 1.17 bits per heavy atom. The van der Waals surface area contributed by atoms with Crippen molar-refractivity contribution in [3.8, 4) is 5.75 Å². The van der Waals surface area contributed by atoms with Gasteiger partial charge in [-0.2, -0.15) is 0 Å². The Labute approximate surface area is 137 Å². The summed E-state index contributed by atoms with van der Waals surface area (Å²) in [6, 6.07) is 11.1. The van der Waals surface area contributed by atoms with Gasteiger partial charge in [-0.25, -0.2) is 0 Å². The lowest BCUT2D eigenvalue weighted by molar-refractivity contribution is -0.122. The number of nitrogens with two attached hydrogens (primary N) is 1. The summed E-state index contributed by atoms with van der Waals surface area (Å²) in [7, 11) is 0. The Bertz CT molecular complexity index is 830.